The van der Waals surface area contributed by atoms with E-state index in [0.717, 1.165) is 50.5 Å². The first-order valence-electron chi connectivity index (χ1n) is 10.4. The average molecular weight is 396 g/mol. The van der Waals surface area contributed by atoms with Gasteiger partial charge in [-0.25, -0.2) is 4.98 Å². The molecule has 2 aliphatic rings. The fourth-order valence-corrected chi connectivity index (χ4v) is 5.32. The summed E-state index contributed by atoms with van der Waals surface area (Å²) < 4.78 is 0. The van der Waals surface area contributed by atoms with Gasteiger partial charge in [0.15, 0.2) is 0 Å². The van der Waals surface area contributed by atoms with Crippen molar-refractivity contribution in [3.8, 4) is 0 Å². The van der Waals surface area contributed by atoms with Crippen molar-refractivity contribution in [2.45, 2.75) is 36.8 Å². The quantitative estimate of drug-likeness (QED) is 0.699. The third-order valence-electron chi connectivity index (χ3n) is 6.01. The van der Waals surface area contributed by atoms with Crippen LogP contribution in [0.3, 0.4) is 0 Å². The second-order valence-corrected chi connectivity index (χ2v) is 8.83. The van der Waals surface area contributed by atoms with Crippen LogP contribution in [-0.2, 0) is 11.2 Å². The van der Waals surface area contributed by atoms with Crippen LogP contribution < -0.4 is 0 Å². The summed E-state index contributed by atoms with van der Waals surface area (Å²) in [4.78, 5) is 22.0. The Hall–Kier alpha value is -1.85. The Bertz CT molecular complexity index is 755. The number of pyridine rings is 1. The fourth-order valence-electron chi connectivity index (χ4n) is 4.57. The van der Waals surface area contributed by atoms with Gasteiger partial charge in [-0.15, -0.1) is 0 Å². The van der Waals surface area contributed by atoms with Crippen LogP contribution in [0.2, 0.25) is 0 Å². The number of thioether (sulfide) groups is 1. The van der Waals surface area contributed by atoms with Gasteiger partial charge in [0.25, 0.3) is 0 Å². The lowest BCUT2D eigenvalue weighted by Gasteiger charge is -2.47. The van der Waals surface area contributed by atoms with Gasteiger partial charge in [0, 0.05) is 38.4 Å². The molecule has 4 nitrogen and oxygen atoms in total. The molecule has 5 heteroatoms. The number of carbonyl (C=O) groups excluding carboxylic acids is 1. The van der Waals surface area contributed by atoms with Crippen LogP contribution in [0.25, 0.3) is 0 Å². The van der Waals surface area contributed by atoms with E-state index in [9.17, 15) is 4.79 Å². The predicted octanol–water partition coefficient (Wildman–Crippen LogP) is 3.73. The summed E-state index contributed by atoms with van der Waals surface area (Å²) in [6, 6.07) is 17.0. The first kappa shape index (κ1) is 19.5. The van der Waals surface area contributed by atoms with Gasteiger partial charge in [0.05, 0.1) is 10.8 Å². The molecule has 0 unspecified atom stereocenters. The molecule has 2 fully saturated rings. The Morgan fingerprint density at radius 3 is 2.75 bits per heavy atom. The van der Waals surface area contributed by atoms with E-state index < -0.39 is 0 Å². The van der Waals surface area contributed by atoms with E-state index in [1.54, 1.807) is 18.0 Å². The van der Waals surface area contributed by atoms with Crippen LogP contribution in [0.15, 0.2) is 59.8 Å². The molecule has 3 heterocycles. The summed E-state index contributed by atoms with van der Waals surface area (Å²) in [5.74, 6) is 1.41. The maximum absolute atomic E-state index is 12.9. The molecule has 0 N–H and O–H groups in total. The van der Waals surface area contributed by atoms with Crippen molar-refractivity contribution >= 4 is 17.7 Å². The molecule has 0 saturated carbocycles. The number of nitrogens with zero attached hydrogens (tertiary/aromatic N) is 3. The second-order valence-electron chi connectivity index (χ2n) is 7.84. The van der Waals surface area contributed by atoms with Gasteiger partial charge in [-0.05, 0) is 49.3 Å². The molecular weight excluding hydrogens is 366 g/mol. The lowest BCUT2D eigenvalue weighted by atomic mass is 9.83. The molecule has 0 radical (unpaired) electrons. The highest BCUT2D eigenvalue weighted by atomic mass is 32.2. The minimum Gasteiger partial charge on any atom is -0.339 e. The molecule has 1 aromatic heterocycles. The predicted molar refractivity (Wildman–Crippen MR) is 114 cm³/mol. The number of aromatic nitrogens is 1. The maximum Gasteiger partial charge on any atom is 0.233 e. The highest BCUT2D eigenvalue weighted by molar-refractivity contribution is 7.99. The average Bonchev–Trinajstić information content (AvgIpc) is 2.77. The van der Waals surface area contributed by atoms with Gasteiger partial charge in [-0.2, -0.15) is 0 Å². The zero-order chi connectivity index (χ0) is 19.2. The van der Waals surface area contributed by atoms with E-state index in [0.29, 0.717) is 17.7 Å². The topological polar surface area (TPSA) is 36.4 Å². The van der Waals surface area contributed by atoms with Crippen molar-refractivity contribution in [2.24, 2.45) is 5.92 Å². The van der Waals surface area contributed by atoms with E-state index in [2.05, 4.69) is 45.1 Å². The van der Waals surface area contributed by atoms with Gasteiger partial charge in [0.2, 0.25) is 5.91 Å². The molecule has 0 bridgehead atoms. The molecule has 2 aromatic rings. The van der Waals surface area contributed by atoms with Crippen LogP contribution in [0.5, 0.6) is 0 Å². The number of rotatable bonds is 6. The minimum absolute atomic E-state index is 0.281. The lowest BCUT2D eigenvalue weighted by Crippen LogP contribution is -2.56. The van der Waals surface area contributed by atoms with E-state index in [1.807, 2.05) is 18.2 Å². The summed E-state index contributed by atoms with van der Waals surface area (Å²) in [5.41, 5.74) is 1.41. The Morgan fingerprint density at radius 2 is 1.93 bits per heavy atom. The molecule has 2 saturated heterocycles. The van der Waals surface area contributed by atoms with Crippen LogP contribution in [-0.4, -0.2) is 58.7 Å². The highest BCUT2D eigenvalue weighted by Gasteiger charge is 2.37. The smallest absolute Gasteiger partial charge is 0.233 e. The zero-order valence-electron chi connectivity index (χ0n) is 16.4. The molecule has 148 valence electrons. The Morgan fingerprint density at radius 1 is 1.07 bits per heavy atom. The van der Waals surface area contributed by atoms with Crippen LogP contribution in [0.1, 0.15) is 24.8 Å². The van der Waals surface area contributed by atoms with Crippen molar-refractivity contribution in [1.29, 1.82) is 0 Å². The molecule has 1 aromatic carbocycles. The summed E-state index contributed by atoms with van der Waals surface area (Å²) in [5, 5.41) is 0.931. The van der Waals surface area contributed by atoms with Crippen LogP contribution in [0.4, 0.5) is 0 Å². The van der Waals surface area contributed by atoms with Crippen molar-refractivity contribution in [3.05, 3.63) is 60.3 Å². The van der Waals surface area contributed by atoms with Crippen molar-refractivity contribution in [2.75, 3.05) is 31.9 Å². The van der Waals surface area contributed by atoms with Crippen molar-refractivity contribution in [1.82, 2.24) is 14.8 Å². The van der Waals surface area contributed by atoms with E-state index in [4.69, 9.17) is 0 Å². The van der Waals surface area contributed by atoms with Gasteiger partial charge in [-0.3, -0.25) is 4.79 Å². The SMILES string of the molecule is O=C(CSc1ccccn1)N1CCC[C@@H]2CN(CCc3ccccc3)CC[C@@H]21. The number of piperidine rings is 2. The van der Waals surface area contributed by atoms with Crippen molar-refractivity contribution in [3.63, 3.8) is 0 Å². The van der Waals surface area contributed by atoms with Gasteiger partial charge < -0.3 is 9.80 Å². The van der Waals surface area contributed by atoms with Crippen LogP contribution in [0, 0.1) is 5.92 Å². The largest absolute Gasteiger partial charge is 0.339 e. The standard InChI is InChI=1S/C23H29N3OS/c27-23(18-28-22-10-4-5-13-24-22)26-14-6-9-20-17-25(16-12-21(20)26)15-11-19-7-2-1-3-8-19/h1-5,7-8,10,13,20-21H,6,9,11-12,14-18H2/t20-,21+/m1/s1. The molecule has 2 atom stereocenters. The van der Waals surface area contributed by atoms with Crippen LogP contribution >= 0.6 is 11.8 Å². The molecule has 28 heavy (non-hydrogen) atoms. The van der Waals surface area contributed by atoms with E-state index in [1.165, 1.54) is 12.0 Å². The van der Waals surface area contributed by atoms with Crippen molar-refractivity contribution < 1.29 is 4.79 Å². The normalized spacial score (nSPS) is 22.6. The summed E-state index contributed by atoms with van der Waals surface area (Å²) in [6.45, 7) is 4.28. The second kappa shape index (κ2) is 9.57. The Kier molecular flexibility index (Phi) is 6.65. The number of likely N-dealkylation sites (tertiary alicyclic amines) is 2. The molecule has 1 amide bonds. The van der Waals surface area contributed by atoms with Gasteiger partial charge in [0.1, 0.15) is 0 Å². The van der Waals surface area contributed by atoms with E-state index >= 15 is 0 Å². The maximum atomic E-state index is 12.9. The number of benzene rings is 1. The first-order chi connectivity index (χ1) is 13.8. The lowest BCUT2D eigenvalue weighted by molar-refractivity contribution is -0.135. The summed E-state index contributed by atoms with van der Waals surface area (Å²) in [7, 11) is 0. The summed E-state index contributed by atoms with van der Waals surface area (Å²) >= 11 is 1.56. The molecule has 0 spiro atoms. The fraction of sp³-hybridized carbons (Fsp3) is 0.478. The molecule has 0 aliphatic carbocycles. The van der Waals surface area contributed by atoms with Gasteiger partial charge >= 0.3 is 0 Å². The number of fused-ring (bicyclic) bond motifs is 1. The molecule has 4 rings (SSSR count). The zero-order valence-corrected chi connectivity index (χ0v) is 17.2. The minimum atomic E-state index is 0.281. The number of amides is 1. The third kappa shape index (κ3) is 4.95. The number of carbonyl (C=O) groups is 1. The Labute approximate surface area is 172 Å². The molecule has 2 aliphatic heterocycles. The highest BCUT2D eigenvalue weighted by Crippen LogP contribution is 2.31. The first-order valence-corrected chi connectivity index (χ1v) is 11.4. The monoisotopic (exact) mass is 395 g/mol. The summed E-state index contributed by atoms with van der Waals surface area (Å²) in [6.07, 6.45) is 6.40. The van der Waals surface area contributed by atoms with Gasteiger partial charge in [-0.1, -0.05) is 48.2 Å². The third-order valence-corrected chi connectivity index (χ3v) is 6.94. The Balaban J connectivity index is 1.29. The molecular formula is C23H29N3OS. The number of hydrogen-bond donors (Lipinski definition) is 0. The van der Waals surface area contributed by atoms with E-state index in [-0.39, 0.29) is 5.91 Å². The number of hydrogen-bond acceptors (Lipinski definition) is 4.